The molecular weight excluding hydrogens is 878 g/mol. The van der Waals surface area contributed by atoms with E-state index < -0.39 is 171 Å². The van der Waals surface area contributed by atoms with Crippen molar-refractivity contribution in [3.63, 3.8) is 0 Å². The topological polar surface area (TPSA) is 428 Å². The van der Waals surface area contributed by atoms with Gasteiger partial charge in [-0.1, -0.05) is 0 Å². The summed E-state index contributed by atoms with van der Waals surface area (Å²) in [4.78, 5) is 82.4. The van der Waals surface area contributed by atoms with Gasteiger partial charge in [0.1, 0.15) is 54.9 Å². The molecule has 0 aromatic carbocycles. The van der Waals surface area contributed by atoms with E-state index in [4.69, 9.17) is 45.0 Å². The normalized spacial score (nSPS) is 29.9. The molecule has 3 aromatic heterocycles. The molecule has 3 aromatic rings. The summed E-state index contributed by atoms with van der Waals surface area (Å²) in [5, 5.41) is 64.3. The number of aliphatic hydroxyl groups is 6. The molecule has 0 spiro atoms. The molecule has 0 unspecified atom stereocenters. The summed E-state index contributed by atoms with van der Waals surface area (Å²) >= 11 is 0. The number of phosphoric ester groups is 1. The summed E-state index contributed by atoms with van der Waals surface area (Å²) in [5.41, 5.74) is 7.72. The highest BCUT2D eigenvalue weighted by Gasteiger charge is 2.50. The number of halogens is 3. The lowest BCUT2D eigenvalue weighted by Gasteiger charge is -2.24. The van der Waals surface area contributed by atoms with Crippen LogP contribution < -0.4 is 33.9 Å². The largest absolute Gasteiger partial charge is 0.475 e. The third-order valence-electron chi connectivity index (χ3n) is 9.43. The number of carbonyl (C=O) groups is 3. The van der Waals surface area contributed by atoms with Gasteiger partial charge in [0.2, 0.25) is 17.8 Å². The highest BCUT2D eigenvalue weighted by Crippen LogP contribution is 2.51. The lowest BCUT2D eigenvalue weighted by molar-refractivity contribution is -0.0749. The number of aromatic nitrogens is 6. The standard InChI is InChI=1S/C30H33F3N9O19P/c31-10-1-40(25(52)13(37-10)22(34)49)28-19(46)16(43)7(59-28)4-56-62(55,57-5-8-17(44)20(47)29(60-8)41-2-11(32)38-14(23(35)50)26(41)53)58-6-9-18(45)21(48)30(61-9)42-3-12(33)39-15(24(36)51)27(42)54/h1-3,7-9,16-21,28-30,43-48H,4-6H2,(H2,34,49)(H2,35,50)(H2,36,51)/t7-,8-,9-,16-,17-,18-,19-,20-,21-,28-,29-,30-/m1/s1. The zero-order valence-electron chi connectivity index (χ0n) is 30.8. The summed E-state index contributed by atoms with van der Waals surface area (Å²) in [7, 11) is -5.32. The first-order valence-electron chi connectivity index (χ1n) is 17.4. The molecule has 0 aliphatic carbocycles. The molecule has 0 bridgehead atoms. The quantitative estimate of drug-likeness (QED) is 0.0640. The van der Waals surface area contributed by atoms with Crippen LogP contribution in [-0.2, 0) is 32.3 Å². The van der Waals surface area contributed by atoms with Crippen LogP contribution in [-0.4, -0.2) is 152 Å². The number of primary amides is 3. The number of rotatable bonds is 15. The van der Waals surface area contributed by atoms with Gasteiger partial charge in [-0.05, 0) is 0 Å². The van der Waals surface area contributed by atoms with Crippen molar-refractivity contribution in [1.82, 2.24) is 28.7 Å². The zero-order chi connectivity index (χ0) is 45.7. The van der Waals surface area contributed by atoms with Crippen molar-refractivity contribution in [2.45, 2.75) is 73.6 Å². The number of carbonyl (C=O) groups excluding carboxylic acids is 3. The van der Waals surface area contributed by atoms with Gasteiger partial charge in [0.25, 0.3) is 34.4 Å². The molecule has 3 aliphatic heterocycles. The maximum atomic E-state index is 14.2. The molecular formula is C30H33F3N9O19P. The van der Waals surface area contributed by atoms with Crippen LogP contribution in [0.2, 0.25) is 0 Å². The minimum Gasteiger partial charge on any atom is -0.387 e. The van der Waals surface area contributed by atoms with Crippen molar-refractivity contribution in [3.05, 3.63) is 84.6 Å². The van der Waals surface area contributed by atoms with E-state index in [0.717, 1.165) is 0 Å². The van der Waals surface area contributed by atoms with E-state index in [2.05, 4.69) is 15.0 Å². The Hall–Kier alpha value is -5.41. The van der Waals surface area contributed by atoms with Crippen LogP contribution in [0.3, 0.4) is 0 Å². The van der Waals surface area contributed by atoms with E-state index in [9.17, 15) is 77.1 Å². The molecule has 3 amide bonds. The minimum atomic E-state index is -5.32. The fourth-order valence-corrected chi connectivity index (χ4v) is 7.59. The molecule has 338 valence electrons. The Bertz CT molecular complexity index is 2230. The van der Waals surface area contributed by atoms with Gasteiger partial charge >= 0.3 is 7.82 Å². The zero-order valence-corrected chi connectivity index (χ0v) is 31.7. The molecule has 6 rings (SSSR count). The minimum absolute atomic E-state index is 0.322. The number of nitrogens with two attached hydrogens (primary N) is 3. The second-order valence-electron chi connectivity index (χ2n) is 13.4. The van der Waals surface area contributed by atoms with Crippen molar-refractivity contribution in [3.8, 4) is 0 Å². The van der Waals surface area contributed by atoms with Crippen LogP contribution in [0.25, 0.3) is 0 Å². The lowest BCUT2D eigenvalue weighted by atomic mass is 10.1. The highest BCUT2D eigenvalue weighted by atomic mass is 31.2. The molecule has 62 heavy (non-hydrogen) atoms. The second kappa shape index (κ2) is 17.8. The molecule has 3 aliphatic rings. The predicted molar refractivity (Wildman–Crippen MR) is 184 cm³/mol. The molecule has 12 N–H and O–H groups in total. The number of nitrogens with zero attached hydrogens (tertiary/aromatic N) is 6. The van der Waals surface area contributed by atoms with Crippen LogP contribution in [0.5, 0.6) is 0 Å². The Morgan fingerprint density at radius 1 is 0.548 bits per heavy atom. The number of amides is 3. The van der Waals surface area contributed by atoms with Crippen molar-refractivity contribution < 1.29 is 90.5 Å². The Kier molecular flexibility index (Phi) is 13.2. The Balaban J connectivity index is 1.24. The Morgan fingerprint density at radius 3 is 1.02 bits per heavy atom. The summed E-state index contributed by atoms with van der Waals surface area (Å²) in [6.45, 7) is -3.42. The molecule has 6 heterocycles. The van der Waals surface area contributed by atoms with E-state index >= 15 is 0 Å². The van der Waals surface area contributed by atoms with E-state index in [1.54, 1.807) is 0 Å². The highest BCUT2D eigenvalue weighted by molar-refractivity contribution is 7.48. The van der Waals surface area contributed by atoms with Crippen LogP contribution in [0.1, 0.15) is 50.1 Å². The molecule has 28 nitrogen and oxygen atoms in total. The van der Waals surface area contributed by atoms with Crippen molar-refractivity contribution >= 4 is 25.5 Å². The summed E-state index contributed by atoms with van der Waals surface area (Å²) in [6, 6.07) is 0. The molecule has 12 atom stereocenters. The van der Waals surface area contributed by atoms with E-state index in [1.807, 2.05) is 0 Å². The average molecular weight is 912 g/mol. The first kappa shape index (κ1) is 46.1. The number of hydrogen-bond donors (Lipinski definition) is 9. The van der Waals surface area contributed by atoms with Gasteiger partial charge in [-0.25, -0.2) is 19.5 Å². The third kappa shape index (κ3) is 8.92. The number of phosphoric acid groups is 1. The smallest absolute Gasteiger partial charge is 0.387 e. The molecule has 3 fully saturated rings. The number of ether oxygens (including phenoxy) is 3. The van der Waals surface area contributed by atoms with Crippen molar-refractivity contribution in [1.29, 1.82) is 0 Å². The number of aliphatic hydroxyl groups excluding tert-OH is 6. The van der Waals surface area contributed by atoms with Crippen LogP contribution in [0.4, 0.5) is 13.2 Å². The van der Waals surface area contributed by atoms with E-state index in [1.165, 1.54) is 0 Å². The van der Waals surface area contributed by atoms with Crippen molar-refractivity contribution in [2.75, 3.05) is 19.8 Å². The molecule has 3 saturated heterocycles. The number of hydrogen-bond acceptors (Lipinski definition) is 22. The first-order chi connectivity index (χ1) is 29.0. The fourth-order valence-electron chi connectivity index (χ4n) is 6.38. The fraction of sp³-hybridized carbons (Fsp3) is 0.500. The first-order valence-corrected chi connectivity index (χ1v) is 18.8. The Morgan fingerprint density at radius 2 is 0.790 bits per heavy atom. The van der Waals surface area contributed by atoms with Gasteiger partial charge in [0.05, 0.1) is 38.4 Å². The van der Waals surface area contributed by atoms with Crippen LogP contribution >= 0.6 is 7.82 Å². The molecule has 0 radical (unpaired) electrons. The van der Waals surface area contributed by atoms with Gasteiger partial charge in [-0.2, -0.15) is 13.2 Å². The third-order valence-corrected chi connectivity index (χ3v) is 10.8. The van der Waals surface area contributed by atoms with Gasteiger partial charge < -0.3 is 62.1 Å². The van der Waals surface area contributed by atoms with Gasteiger partial charge in [0, 0.05) is 0 Å². The van der Waals surface area contributed by atoms with Gasteiger partial charge in [0.15, 0.2) is 35.8 Å². The van der Waals surface area contributed by atoms with Crippen LogP contribution in [0, 0.1) is 17.8 Å². The van der Waals surface area contributed by atoms with Crippen LogP contribution in [0.15, 0.2) is 33.0 Å². The predicted octanol–water partition coefficient (Wildman–Crippen LogP) is -6.51. The van der Waals surface area contributed by atoms with Crippen molar-refractivity contribution in [2.24, 2.45) is 17.2 Å². The molecule has 32 heteroatoms. The Labute approximate surface area is 340 Å². The SMILES string of the molecule is NC(=O)c1nc(F)cn([C@@H]2O[C@H](COP(=O)(OC[C@H]3O[C@@H](n4cc(F)nc(C(N)=O)c4=O)[C@H](O)[C@@H]3O)OC[C@H]3O[C@@H](n4cc(F)nc(C(N)=O)c4=O)[C@H](O)[C@@H]3O)[C@@H](O)[C@H]2O)c1=O. The van der Waals surface area contributed by atoms with E-state index in [0.29, 0.717) is 32.3 Å². The van der Waals surface area contributed by atoms with E-state index in [-0.39, 0.29) is 0 Å². The summed E-state index contributed by atoms with van der Waals surface area (Å²) < 4.78 is 90.0. The van der Waals surface area contributed by atoms with Gasteiger partial charge in [-0.15, -0.1) is 0 Å². The maximum absolute atomic E-state index is 14.2. The second-order valence-corrected chi connectivity index (χ2v) is 15.1. The summed E-state index contributed by atoms with van der Waals surface area (Å²) in [6.07, 6.45) is -22.7. The lowest BCUT2D eigenvalue weighted by Crippen LogP contribution is -2.38. The maximum Gasteiger partial charge on any atom is 0.475 e. The monoisotopic (exact) mass is 911 g/mol. The average Bonchev–Trinajstić information content (AvgIpc) is 3.78. The molecule has 0 saturated carbocycles. The van der Waals surface area contributed by atoms with Gasteiger partial charge in [-0.3, -0.25) is 56.0 Å². The summed E-state index contributed by atoms with van der Waals surface area (Å²) in [5.74, 6) is -8.74.